The van der Waals surface area contributed by atoms with Crippen LogP contribution in [0.3, 0.4) is 0 Å². The Labute approximate surface area is 148 Å². The molecule has 2 amide bonds. The van der Waals surface area contributed by atoms with Crippen molar-refractivity contribution >= 4 is 44.1 Å². The lowest BCUT2D eigenvalue weighted by Crippen LogP contribution is -2.49. The van der Waals surface area contributed by atoms with Crippen LogP contribution in [0.25, 0.3) is 10.2 Å². The summed E-state index contributed by atoms with van der Waals surface area (Å²) in [6, 6.07) is 12.1. The lowest BCUT2D eigenvalue weighted by atomic mass is 10.3. The van der Waals surface area contributed by atoms with E-state index in [4.69, 9.17) is 0 Å². The van der Waals surface area contributed by atoms with Crippen LogP contribution in [0.15, 0.2) is 41.8 Å². The molecule has 2 aromatic heterocycles. The Bertz CT molecular complexity index is 789. The van der Waals surface area contributed by atoms with Crippen LogP contribution in [-0.2, 0) is 6.54 Å². The summed E-state index contributed by atoms with van der Waals surface area (Å²) in [6.45, 7) is 4.30. The summed E-state index contributed by atoms with van der Waals surface area (Å²) in [5.74, 6) is 0. The van der Waals surface area contributed by atoms with Crippen LogP contribution in [0.5, 0.6) is 0 Å². The van der Waals surface area contributed by atoms with Gasteiger partial charge in [0.1, 0.15) is 0 Å². The van der Waals surface area contributed by atoms with E-state index in [1.54, 1.807) is 11.3 Å². The molecule has 0 radical (unpaired) electrons. The van der Waals surface area contributed by atoms with E-state index in [-0.39, 0.29) is 6.03 Å². The SMILES string of the molecule is O=C(Nc1nc2ccccc2s1)N1CCN(Cc2cccs2)CC1. The van der Waals surface area contributed by atoms with E-state index < -0.39 is 0 Å². The Morgan fingerprint density at radius 2 is 1.96 bits per heavy atom. The number of nitrogens with one attached hydrogen (secondary N) is 1. The first-order valence-electron chi connectivity index (χ1n) is 7.94. The Kier molecular flexibility index (Phi) is 4.46. The molecule has 1 N–H and O–H groups in total. The molecular weight excluding hydrogens is 340 g/mol. The van der Waals surface area contributed by atoms with Crippen molar-refractivity contribution in [2.45, 2.75) is 6.54 Å². The number of hydrogen-bond donors (Lipinski definition) is 1. The largest absolute Gasteiger partial charge is 0.323 e. The first kappa shape index (κ1) is 15.6. The zero-order chi connectivity index (χ0) is 16.4. The highest BCUT2D eigenvalue weighted by atomic mass is 32.1. The smallest absolute Gasteiger partial charge is 0.322 e. The number of benzene rings is 1. The highest BCUT2D eigenvalue weighted by Gasteiger charge is 2.22. The number of carbonyl (C=O) groups excluding carboxylic acids is 1. The average Bonchev–Trinajstić information content (AvgIpc) is 3.24. The highest BCUT2D eigenvalue weighted by molar-refractivity contribution is 7.22. The number of para-hydroxylation sites is 1. The first-order chi connectivity index (χ1) is 11.8. The van der Waals surface area contributed by atoms with Crippen molar-refractivity contribution in [2.24, 2.45) is 0 Å². The summed E-state index contributed by atoms with van der Waals surface area (Å²) in [5, 5.41) is 5.72. The van der Waals surface area contributed by atoms with Crippen LogP contribution in [-0.4, -0.2) is 47.0 Å². The Balaban J connectivity index is 1.32. The summed E-state index contributed by atoms with van der Waals surface area (Å²) in [7, 11) is 0. The maximum absolute atomic E-state index is 12.4. The van der Waals surface area contributed by atoms with E-state index in [2.05, 4.69) is 32.7 Å². The average molecular weight is 358 g/mol. The molecular formula is C17H18N4OS2. The zero-order valence-corrected chi connectivity index (χ0v) is 14.8. The second-order valence-corrected chi connectivity index (χ2v) is 7.82. The second kappa shape index (κ2) is 6.88. The van der Waals surface area contributed by atoms with Crippen LogP contribution >= 0.6 is 22.7 Å². The van der Waals surface area contributed by atoms with Crippen molar-refractivity contribution in [3.63, 3.8) is 0 Å². The third kappa shape index (κ3) is 3.43. The van der Waals surface area contributed by atoms with E-state index in [1.165, 1.54) is 16.2 Å². The predicted octanol–water partition coefficient (Wildman–Crippen LogP) is 3.71. The van der Waals surface area contributed by atoms with Gasteiger partial charge in [0.2, 0.25) is 0 Å². The topological polar surface area (TPSA) is 48.5 Å². The predicted molar refractivity (Wildman–Crippen MR) is 99.8 cm³/mol. The number of carbonyl (C=O) groups is 1. The number of anilines is 1. The van der Waals surface area contributed by atoms with Gasteiger partial charge in [0.05, 0.1) is 10.2 Å². The molecule has 0 saturated carbocycles. The molecule has 1 fully saturated rings. The van der Waals surface area contributed by atoms with Gasteiger partial charge in [-0.2, -0.15) is 0 Å². The second-order valence-electron chi connectivity index (χ2n) is 5.76. The maximum atomic E-state index is 12.4. The third-order valence-corrected chi connectivity index (χ3v) is 5.94. The number of hydrogen-bond acceptors (Lipinski definition) is 5. The molecule has 1 aliphatic rings. The molecule has 5 nitrogen and oxygen atoms in total. The standard InChI is InChI=1S/C17H18N4OS2/c22-17(19-16-18-14-5-1-2-6-15(14)24-16)21-9-7-20(8-10-21)12-13-4-3-11-23-13/h1-6,11H,7-10,12H2,(H,18,19,22). The van der Waals surface area contributed by atoms with Crippen LogP contribution in [0.4, 0.5) is 9.93 Å². The Morgan fingerprint density at radius 3 is 2.71 bits per heavy atom. The van der Waals surface area contributed by atoms with Gasteiger partial charge in [0.25, 0.3) is 0 Å². The van der Waals surface area contributed by atoms with E-state index >= 15 is 0 Å². The van der Waals surface area contributed by atoms with Crippen LogP contribution in [0.2, 0.25) is 0 Å². The first-order valence-corrected chi connectivity index (χ1v) is 9.64. The fourth-order valence-corrected chi connectivity index (χ4v) is 4.43. The van der Waals surface area contributed by atoms with Crippen LogP contribution in [0, 0.1) is 0 Å². The fourth-order valence-electron chi connectivity index (χ4n) is 2.83. The summed E-state index contributed by atoms with van der Waals surface area (Å²) in [4.78, 5) is 22.5. The lowest BCUT2D eigenvalue weighted by Gasteiger charge is -2.34. The van der Waals surface area contributed by atoms with Crippen molar-refractivity contribution in [1.29, 1.82) is 0 Å². The van der Waals surface area contributed by atoms with Crippen molar-refractivity contribution in [3.05, 3.63) is 46.7 Å². The minimum atomic E-state index is -0.0511. The molecule has 0 atom stereocenters. The molecule has 3 aromatic rings. The number of urea groups is 1. The van der Waals surface area contributed by atoms with Gasteiger partial charge in [0.15, 0.2) is 5.13 Å². The molecule has 3 heterocycles. The highest BCUT2D eigenvalue weighted by Crippen LogP contribution is 2.25. The summed E-state index contributed by atoms with van der Waals surface area (Å²) in [6.07, 6.45) is 0. The zero-order valence-electron chi connectivity index (χ0n) is 13.1. The number of rotatable bonds is 3. The minimum Gasteiger partial charge on any atom is -0.322 e. The monoisotopic (exact) mass is 358 g/mol. The van der Waals surface area contributed by atoms with E-state index in [0.717, 1.165) is 42.9 Å². The van der Waals surface area contributed by atoms with Crippen LogP contribution < -0.4 is 5.32 Å². The molecule has 1 aromatic carbocycles. The normalized spacial score (nSPS) is 15.8. The third-order valence-electron chi connectivity index (χ3n) is 4.13. The van der Waals surface area contributed by atoms with Gasteiger partial charge in [-0.25, -0.2) is 9.78 Å². The molecule has 0 aliphatic carbocycles. The summed E-state index contributed by atoms with van der Waals surface area (Å²) >= 11 is 3.30. The molecule has 1 saturated heterocycles. The van der Waals surface area contributed by atoms with Crippen molar-refractivity contribution < 1.29 is 4.79 Å². The van der Waals surface area contributed by atoms with Crippen molar-refractivity contribution in [2.75, 3.05) is 31.5 Å². The number of amides is 2. The molecule has 0 bridgehead atoms. The van der Waals surface area contributed by atoms with Gasteiger partial charge < -0.3 is 4.90 Å². The molecule has 0 spiro atoms. The van der Waals surface area contributed by atoms with Crippen molar-refractivity contribution in [1.82, 2.24) is 14.8 Å². The molecule has 0 unspecified atom stereocenters. The number of aromatic nitrogens is 1. The van der Waals surface area contributed by atoms with Gasteiger partial charge in [-0.15, -0.1) is 11.3 Å². The molecule has 4 rings (SSSR count). The number of piperazine rings is 1. The van der Waals surface area contributed by atoms with Gasteiger partial charge in [-0.3, -0.25) is 10.2 Å². The van der Waals surface area contributed by atoms with E-state index in [9.17, 15) is 4.79 Å². The van der Waals surface area contributed by atoms with E-state index in [0.29, 0.717) is 5.13 Å². The molecule has 7 heteroatoms. The minimum absolute atomic E-state index is 0.0511. The lowest BCUT2D eigenvalue weighted by molar-refractivity contribution is 0.143. The van der Waals surface area contributed by atoms with Gasteiger partial charge >= 0.3 is 6.03 Å². The number of fused-ring (bicyclic) bond motifs is 1. The Morgan fingerprint density at radius 1 is 1.12 bits per heavy atom. The number of thiophene rings is 1. The number of thiazole rings is 1. The van der Waals surface area contributed by atoms with Gasteiger partial charge in [-0.05, 0) is 23.6 Å². The van der Waals surface area contributed by atoms with Gasteiger partial charge in [-0.1, -0.05) is 29.5 Å². The fraction of sp³-hybridized carbons (Fsp3) is 0.294. The summed E-state index contributed by atoms with van der Waals surface area (Å²) in [5.41, 5.74) is 0.929. The van der Waals surface area contributed by atoms with Crippen molar-refractivity contribution in [3.8, 4) is 0 Å². The molecule has 1 aliphatic heterocycles. The molecule has 24 heavy (non-hydrogen) atoms. The summed E-state index contributed by atoms with van der Waals surface area (Å²) < 4.78 is 1.09. The quantitative estimate of drug-likeness (QED) is 0.776. The van der Waals surface area contributed by atoms with Crippen LogP contribution in [0.1, 0.15) is 4.88 Å². The number of nitrogens with zero attached hydrogens (tertiary/aromatic N) is 3. The van der Waals surface area contributed by atoms with Gasteiger partial charge in [0, 0.05) is 37.6 Å². The Hall–Kier alpha value is -1.96. The van der Waals surface area contributed by atoms with E-state index in [1.807, 2.05) is 29.2 Å². The molecule has 124 valence electrons. The maximum Gasteiger partial charge on any atom is 0.323 e.